The number of amides is 1. The molecule has 0 spiro atoms. The molecule has 0 aromatic carbocycles. The second-order valence-electron chi connectivity index (χ2n) is 5.62. The van der Waals surface area contributed by atoms with Crippen molar-refractivity contribution in [1.82, 2.24) is 0 Å². The van der Waals surface area contributed by atoms with Gasteiger partial charge in [0.1, 0.15) is 0 Å². The topological polar surface area (TPSA) is 72.6 Å². The van der Waals surface area contributed by atoms with Gasteiger partial charge in [-0.25, -0.2) is 0 Å². The van der Waals surface area contributed by atoms with Crippen LogP contribution in [0.4, 0.5) is 0 Å². The van der Waals surface area contributed by atoms with Gasteiger partial charge in [0.25, 0.3) is 0 Å². The number of rotatable bonds is 7. The Morgan fingerprint density at radius 2 is 1.67 bits per heavy atom. The number of aliphatic hydroxyl groups is 1. The highest BCUT2D eigenvalue weighted by Gasteiger charge is 2.23. The van der Waals surface area contributed by atoms with Crippen LogP contribution in [0.2, 0.25) is 0 Å². The van der Waals surface area contributed by atoms with Crippen LogP contribution in [-0.4, -0.2) is 30.8 Å². The lowest BCUT2D eigenvalue weighted by atomic mass is 9.90. The van der Waals surface area contributed by atoms with Crippen LogP contribution in [0.15, 0.2) is 0 Å². The normalized spacial score (nSPS) is 12.9. The van der Waals surface area contributed by atoms with Crippen molar-refractivity contribution in [1.29, 1.82) is 0 Å². The zero-order valence-electron chi connectivity index (χ0n) is 10.2. The van der Waals surface area contributed by atoms with Gasteiger partial charge in [-0.15, -0.1) is 0 Å². The second kappa shape index (κ2) is 5.47. The summed E-state index contributed by atoms with van der Waals surface area (Å²) < 4.78 is 5.49. The summed E-state index contributed by atoms with van der Waals surface area (Å²) in [5, 5.41) is 9.01. The Balaban J connectivity index is 3.89. The maximum absolute atomic E-state index is 10.8. The summed E-state index contributed by atoms with van der Waals surface area (Å²) in [6.07, 6.45) is 0.312. The molecule has 0 atom stereocenters. The fourth-order valence-electron chi connectivity index (χ4n) is 1.17. The summed E-state index contributed by atoms with van der Waals surface area (Å²) in [6.45, 7) is 8.75. The first-order valence-electron chi connectivity index (χ1n) is 5.15. The molecule has 0 aromatic rings. The van der Waals surface area contributed by atoms with Gasteiger partial charge in [-0.1, -0.05) is 27.7 Å². The minimum Gasteiger partial charge on any atom is -0.396 e. The second-order valence-corrected chi connectivity index (χ2v) is 5.62. The maximum Gasteiger partial charge on any atom is 0.218 e. The van der Waals surface area contributed by atoms with Gasteiger partial charge < -0.3 is 15.6 Å². The fourth-order valence-corrected chi connectivity index (χ4v) is 1.17. The number of hydrogen-bond donors (Lipinski definition) is 2. The maximum atomic E-state index is 10.8. The van der Waals surface area contributed by atoms with Crippen LogP contribution in [0.1, 0.15) is 34.1 Å². The summed E-state index contributed by atoms with van der Waals surface area (Å²) in [5.74, 6) is -0.315. The number of primary amides is 1. The molecule has 15 heavy (non-hydrogen) atoms. The molecule has 0 bridgehead atoms. The Kier molecular flexibility index (Phi) is 5.24. The van der Waals surface area contributed by atoms with E-state index in [1.807, 2.05) is 27.7 Å². The number of carbonyl (C=O) groups is 1. The van der Waals surface area contributed by atoms with Crippen molar-refractivity contribution < 1.29 is 14.6 Å². The lowest BCUT2D eigenvalue weighted by Crippen LogP contribution is -2.30. The summed E-state index contributed by atoms with van der Waals surface area (Å²) >= 11 is 0. The summed E-state index contributed by atoms with van der Waals surface area (Å²) in [6, 6.07) is 0. The van der Waals surface area contributed by atoms with Crippen LogP contribution < -0.4 is 5.73 Å². The monoisotopic (exact) mass is 217 g/mol. The van der Waals surface area contributed by atoms with Crippen LogP contribution >= 0.6 is 0 Å². The molecule has 90 valence electrons. The third-order valence-corrected chi connectivity index (χ3v) is 2.07. The van der Waals surface area contributed by atoms with E-state index in [0.29, 0.717) is 19.6 Å². The van der Waals surface area contributed by atoms with Gasteiger partial charge in [0, 0.05) is 11.8 Å². The average Bonchev–Trinajstić information content (AvgIpc) is 2.00. The van der Waals surface area contributed by atoms with Crippen LogP contribution in [0, 0.1) is 10.8 Å². The van der Waals surface area contributed by atoms with Gasteiger partial charge >= 0.3 is 0 Å². The lowest BCUT2D eigenvalue weighted by molar-refractivity contribution is -0.121. The third-order valence-electron chi connectivity index (χ3n) is 2.07. The summed E-state index contributed by atoms with van der Waals surface area (Å²) in [7, 11) is 0. The smallest absolute Gasteiger partial charge is 0.218 e. The van der Waals surface area contributed by atoms with Crippen LogP contribution in [-0.2, 0) is 9.53 Å². The van der Waals surface area contributed by atoms with E-state index in [1.54, 1.807) is 0 Å². The number of ether oxygens (including phenoxy) is 1. The van der Waals surface area contributed by atoms with Gasteiger partial charge in [0.05, 0.1) is 19.8 Å². The SMILES string of the molecule is CC(C)(CO)COCC(C)(C)CC(N)=O. The first kappa shape index (κ1) is 14.4. The average molecular weight is 217 g/mol. The van der Waals surface area contributed by atoms with Crippen molar-refractivity contribution >= 4 is 5.91 Å². The molecule has 0 aliphatic heterocycles. The standard InChI is InChI=1S/C11H23NO3/c1-10(2,5-9(12)14)7-15-8-11(3,4)6-13/h13H,5-8H2,1-4H3,(H2,12,14). The Morgan fingerprint density at radius 1 is 1.20 bits per heavy atom. The first-order valence-corrected chi connectivity index (χ1v) is 5.15. The Bertz CT molecular complexity index is 212. The van der Waals surface area contributed by atoms with E-state index in [4.69, 9.17) is 15.6 Å². The van der Waals surface area contributed by atoms with Crippen molar-refractivity contribution in [3.8, 4) is 0 Å². The fraction of sp³-hybridized carbons (Fsp3) is 0.909. The molecule has 0 aliphatic carbocycles. The molecule has 0 heterocycles. The molecule has 3 N–H and O–H groups in total. The predicted octanol–water partition coefficient (Wildman–Crippen LogP) is 0.923. The van der Waals surface area contributed by atoms with E-state index in [0.717, 1.165) is 0 Å². The van der Waals surface area contributed by atoms with E-state index < -0.39 is 0 Å². The van der Waals surface area contributed by atoms with Gasteiger partial charge in [-0.3, -0.25) is 4.79 Å². The van der Waals surface area contributed by atoms with Gasteiger partial charge in [-0.2, -0.15) is 0 Å². The van der Waals surface area contributed by atoms with E-state index >= 15 is 0 Å². The highest BCUT2D eigenvalue weighted by molar-refractivity contribution is 5.74. The molecule has 0 saturated heterocycles. The summed E-state index contributed by atoms with van der Waals surface area (Å²) in [5.41, 5.74) is 4.66. The molecule has 0 aromatic heterocycles. The number of aliphatic hydroxyl groups excluding tert-OH is 1. The van der Waals surface area contributed by atoms with Crippen molar-refractivity contribution in [3.05, 3.63) is 0 Å². The predicted molar refractivity (Wildman–Crippen MR) is 59.3 cm³/mol. The van der Waals surface area contributed by atoms with Crippen molar-refractivity contribution in [2.45, 2.75) is 34.1 Å². The molecule has 0 unspecified atom stereocenters. The molecule has 1 amide bonds. The van der Waals surface area contributed by atoms with Crippen LogP contribution in [0.3, 0.4) is 0 Å². The molecule has 4 heteroatoms. The molecule has 0 fully saturated rings. The molecule has 0 rings (SSSR count). The van der Waals surface area contributed by atoms with Crippen molar-refractivity contribution in [3.63, 3.8) is 0 Å². The largest absolute Gasteiger partial charge is 0.396 e. The lowest BCUT2D eigenvalue weighted by Gasteiger charge is -2.27. The van der Waals surface area contributed by atoms with E-state index in [9.17, 15) is 4.79 Å². The molecule has 0 radical (unpaired) electrons. The zero-order valence-corrected chi connectivity index (χ0v) is 10.2. The highest BCUT2D eigenvalue weighted by Crippen LogP contribution is 2.22. The molecular weight excluding hydrogens is 194 g/mol. The number of hydrogen-bond acceptors (Lipinski definition) is 3. The Morgan fingerprint density at radius 3 is 2.07 bits per heavy atom. The van der Waals surface area contributed by atoms with Crippen LogP contribution in [0.5, 0.6) is 0 Å². The Labute approximate surface area is 91.8 Å². The number of nitrogens with two attached hydrogens (primary N) is 1. The molecule has 4 nitrogen and oxygen atoms in total. The first-order chi connectivity index (χ1) is 6.68. The highest BCUT2D eigenvalue weighted by atomic mass is 16.5. The van der Waals surface area contributed by atoms with Gasteiger partial charge in [0.2, 0.25) is 5.91 Å². The molecular formula is C11H23NO3. The molecule has 0 aliphatic rings. The number of carbonyl (C=O) groups excluding carboxylic acids is 1. The Hall–Kier alpha value is -0.610. The minimum atomic E-state index is -0.315. The third kappa shape index (κ3) is 7.33. The van der Waals surface area contributed by atoms with E-state index in [-0.39, 0.29) is 23.3 Å². The minimum absolute atomic E-state index is 0.0866. The van der Waals surface area contributed by atoms with E-state index in [2.05, 4.69) is 0 Å². The van der Waals surface area contributed by atoms with Crippen molar-refractivity contribution in [2.75, 3.05) is 19.8 Å². The summed E-state index contributed by atoms with van der Waals surface area (Å²) in [4.78, 5) is 10.8. The molecule has 0 saturated carbocycles. The van der Waals surface area contributed by atoms with Gasteiger partial charge in [0.15, 0.2) is 0 Å². The van der Waals surface area contributed by atoms with Crippen LogP contribution in [0.25, 0.3) is 0 Å². The van der Waals surface area contributed by atoms with Crippen molar-refractivity contribution in [2.24, 2.45) is 16.6 Å². The quantitative estimate of drug-likeness (QED) is 0.666. The van der Waals surface area contributed by atoms with E-state index in [1.165, 1.54) is 0 Å². The zero-order chi connectivity index (χ0) is 12.1. The van der Waals surface area contributed by atoms with Gasteiger partial charge in [-0.05, 0) is 5.41 Å².